The molecule has 0 aliphatic carbocycles. The molecule has 0 bridgehead atoms. The molecule has 0 saturated carbocycles. The summed E-state index contributed by atoms with van der Waals surface area (Å²) in [7, 11) is -3.49. The number of non-ortho nitro benzene ring substituents is 1. The average Bonchev–Trinajstić information content (AvgIpc) is 2.33. The quantitative estimate of drug-likeness (QED) is 0.238. The standard InChI is InChI=1S/C9H15N5O4S/c10-13-8-4-7(5-9(6-8)14(15)16)12-2-1-3-19(11,17)18/h4-6,12-13H,1-3,10H2,(H2,11,17,18). The molecule has 6 N–H and O–H groups in total. The number of nitrogens with zero attached hydrogens (tertiary/aromatic N) is 1. The molecule has 1 rings (SSSR count). The Labute approximate surface area is 110 Å². The highest BCUT2D eigenvalue weighted by molar-refractivity contribution is 7.89. The zero-order valence-corrected chi connectivity index (χ0v) is 10.8. The van der Waals surface area contributed by atoms with Gasteiger partial charge in [0.05, 0.1) is 16.4 Å². The van der Waals surface area contributed by atoms with Gasteiger partial charge < -0.3 is 10.7 Å². The van der Waals surface area contributed by atoms with E-state index in [9.17, 15) is 18.5 Å². The van der Waals surface area contributed by atoms with E-state index in [1.165, 1.54) is 12.1 Å². The Morgan fingerprint density at radius 2 is 1.89 bits per heavy atom. The summed E-state index contributed by atoms with van der Waals surface area (Å²) in [5, 5.41) is 18.4. The number of hydrogen-bond donors (Lipinski definition) is 4. The lowest BCUT2D eigenvalue weighted by molar-refractivity contribution is -0.384. The maximum absolute atomic E-state index is 10.7. The van der Waals surface area contributed by atoms with Crippen molar-refractivity contribution in [1.29, 1.82) is 0 Å². The van der Waals surface area contributed by atoms with Crippen molar-refractivity contribution < 1.29 is 13.3 Å². The maximum Gasteiger partial charge on any atom is 0.273 e. The number of hydrazine groups is 1. The Bertz CT molecular complexity index is 560. The van der Waals surface area contributed by atoms with Gasteiger partial charge in [-0.3, -0.25) is 16.0 Å². The molecule has 0 heterocycles. The molecule has 1 aromatic rings. The zero-order chi connectivity index (χ0) is 14.5. The molecule has 0 unspecified atom stereocenters. The predicted octanol–water partition coefficient (Wildman–Crippen LogP) is -0.0291. The summed E-state index contributed by atoms with van der Waals surface area (Å²) in [6.45, 7) is 0.321. The molecular formula is C9H15N5O4S. The first-order chi connectivity index (χ1) is 8.81. The molecule has 0 saturated heterocycles. The van der Waals surface area contributed by atoms with Gasteiger partial charge in [0.2, 0.25) is 10.0 Å². The number of nitrogens with one attached hydrogen (secondary N) is 2. The summed E-state index contributed by atoms with van der Waals surface area (Å²) in [5.41, 5.74) is 3.04. The van der Waals surface area contributed by atoms with Crippen molar-refractivity contribution in [1.82, 2.24) is 0 Å². The lowest BCUT2D eigenvalue weighted by Gasteiger charge is -2.08. The van der Waals surface area contributed by atoms with Crippen LogP contribution >= 0.6 is 0 Å². The van der Waals surface area contributed by atoms with Gasteiger partial charge in [0.1, 0.15) is 0 Å². The van der Waals surface area contributed by atoms with Crippen molar-refractivity contribution in [3.05, 3.63) is 28.3 Å². The van der Waals surface area contributed by atoms with E-state index in [-0.39, 0.29) is 11.4 Å². The van der Waals surface area contributed by atoms with Crippen LogP contribution < -0.4 is 21.7 Å². The number of nitro benzene ring substituents is 1. The normalized spacial score (nSPS) is 11.1. The third kappa shape index (κ3) is 5.50. The van der Waals surface area contributed by atoms with Gasteiger partial charge in [-0.2, -0.15) is 0 Å². The summed E-state index contributed by atoms with van der Waals surface area (Å²) >= 11 is 0. The third-order valence-electron chi connectivity index (χ3n) is 2.23. The van der Waals surface area contributed by atoms with Crippen molar-refractivity contribution in [3.63, 3.8) is 0 Å². The molecule has 10 heteroatoms. The van der Waals surface area contributed by atoms with Gasteiger partial charge in [-0.25, -0.2) is 13.6 Å². The van der Waals surface area contributed by atoms with E-state index in [0.717, 1.165) is 0 Å². The van der Waals surface area contributed by atoms with Crippen LogP contribution in [-0.4, -0.2) is 25.6 Å². The Hall–Kier alpha value is -1.91. The fourth-order valence-corrected chi connectivity index (χ4v) is 1.95. The van der Waals surface area contributed by atoms with E-state index >= 15 is 0 Å². The minimum absolute atomic E-state index is 0.121. The zero-order valence-electron chi connectivity index (χ0n) is 10.00. The van der Waals surface area contributed by atoms with Crippen LogP contribution in [0.15, 0.2) is 18.2 Å². The Morgan fingerprint density at radius 1 is 1.26 bits per heavy atom. The van der Waals surface area contributed by atoms with Crippen molar-refractivity contribution in [3.8, 4) is 0 Å². The van der Waals surface area contributed by atoms with E-state index in [1.54, 1.807) is 6.07 Å². The van der Waals surface area contributed by atoms with E-state index in [2.05, 4.69) is 10.7 Å². The molecule has 0 amide bonds. The second-order valence-electron chi connectivity index (χ2n) is 3.82. The first-order valence-corrected chi connectivity index (χ1v) is 7.04. The van der Waals surface area contributed by atoms with Crippen LogP contribution in [0.5, 0.6) is 0 Å². The number of nitrogens with two attached hydrogens (primary N) is 2. The van der Waals surface area contributed by atoms with Crippen LogP contribution in [0, 0.1) is 10.1 Å². The van der Waals surface area contributed by atoms with Gasteiger partial charge >= 0.3 is 0 Å². The smallest absolute Gasteiger partial charge is 0.273 e. The summed E-state index contributed by atoms with van der Waals surface area (Å²) in [6.07, 6.45) is 0.299. The molecule has 0 aliphatic heterocycles. The molecule has 106 valence electrons. The molecule has 0 aliphatic rings. The molecule has 0 aromatic heterocycles. The first kappa shape index (κ1) is 15.1. The van der Waals surface area contributed by atoms with Crippen LogP contribution in [0.2, 0.25) is 0 Å². The van der Waals surface area contributed by atoms with Crippen LogP contribution in [0.25, 0.3) is 0 Å². The molecule has 19 heavy (non-hydrogen) atoms. The first-order valence-electron chi connectivity index (χ1n) is 5.32. The van der Waals surface area contributed by atoms with Gasteiger partial charge in [0, 0.05) is 24.4 Å². The largest absolute Gasteiger partial charge is 0.385 e. The summed E-state index contributed by atoms with van der Waals surface area (Å²) in [4.78, 5) is 10.2. The average molecular weight is 289 g/mol. The fraction of sp³-hybridized carbons (Fsp3) is 0.333. The molecule has 0 fully saturated rings. The Kier molecular flexibility index (Phi) is 5.03. The Balaban J connectivity index is 2.67. The number of benzene rings is 1. The van der Waals surface area contributed by atoms with Crippen LogP contribution in [0.3, 0.4) is 0 Å². The number of nitro groups is 1. The highest BCUT2D eigenvalue weighted by Crippen LogP contribution is 2.23. The van der Waals surface area contributed by atoms with Crippen molar-refractivity contribution in [2.45, 2.75) is 6.42 Å². The molecule has 9 nitrogen and oxygen atoms in total. The summed E-state index contributed by atoms with van der Waals surface area (Å²) < 4.78 is 21.4. The Morgan fingerprint density at radius 3 is 2.42 bits per heavy atom. The number of primary sulfonamides is 1. The van der Waals surface area contributed by atoms with Crippen molar-refractivity contribution >= 4 is 27.1 Å². The molecular weight excluding hydrogens is 274 g/mol. The summed E-state index contributed by atoms with van der Waals surface area (Å²) in [6, 6.07) is 4.19. The van der Waals surface area contributed by atoms with Gasteiger partial charge in [-0.05, 0) is 12.5 Å². The number of rotatable bonds is 7. The predicted molar refractivity (Wildman–Crippen MR) is 72.0 cm³/mol. The minimum atomic E-state index is -3.49. The van der Waals surface area contributed by atoms with Crippen molar-refractivity contribution in [2.75, 3.05) is 23.0 Å². The highest BCUT2D eigenvalue weighted by atomic mass is 32.2. The van der Waals surface area contributed by atoms with Crippen LogP contribution in [0.1, 0.15) is 6.42 Å². The lowest BCUT2D eigenvalue weighted by Crippen LogP contribution is -2.18. The third-order valence-corrected chi connectivity index (χ3v) is 3.09. The molecule has 1 aromatic carbocycles. The summed E-state index contributed by atoms with van der Waals surface area (Å²) in [5.74, 6) is 5.05. The SMILES string of the molecule is NNc1cc(NCCCS(N)(=O)=O)cc([N+](=O)[O-])c1. The van der Waals surface area contributed by atoms with Crippen molar-refractivity contribution in [2.24, 2.45) is 11.0 Å². The van der Waals surface area contributed by atoms with E-state index in [4.69, 9.17) is 11.0 Å². The second kappa shape index (κ2) is 6.31. The van der Waals surface area contributed by atoms with Gasteiger partial charge in [0.25, 0.3) is 5.69 Å². The van der Waals surface area contributed by atoms with E-state index < -0.39 is 14.9 Å². The molecule has 0 radical (unpaired) electrons. The number of hydrogen-bond acceptors (Lipinski definition) is 7. The van der Waals surface area contributed by atoms with E-state index in [0.29, 0.717) is 24.3 Å². The molecule has 0 atom stereocenters. The van der Waals surface area contributed by atoms with Gasteiger partial charge in [0.15, 0.2) is 0 Å². The minimum Gasteiger partial charge on any atom is -0.385 e. The second-order valence-corrected chi connectivity index (χ2v) is 5.55. The van der Waals surface area contributed by atoms with Gasteiger partial charge in [-0.15, -0.1) is 0 Å². The monoisotopic (exact) mass is 289 g/mol. The lowest BCUT2D eigenvalue weighted by atomic mass is 10.2. The van der Waals surface area contributed by atoms with Crippen LogP contribution in [-0.2, 0) is 10.0 Å². The van der Waals surface area contributed by atoms with Crippen LogP contribution in [0.4, 0.5) is 17.1 Å². The number of nitrogen functional groups attached to an aromatic ring is 1. The van der Waals surface area contributed by atoms with E-state index in [1.807, 2.05) is 0 Å². The fourth-order valence-electron chi connectivity index (χ4n) is 1.41. The maximum atomic E-state index is 10.7. The number of sulfonamides is 1. The van der Waals surface area contributed by atoms with Gasteiger partial charge in [-0.1, -0.05) is 0 Å². The number of anilines is 2. The highest BCUT2D eigenvalue weighted by Gasteiger charge is 2.09. The topological polar surface area (TPSA) is 153 Å². The molecule has 0 spiro atoms.